The number of benzene rings is 1. The standard InChI is InChI=1S/C13H15N3O4/c1-14-10(17)9-11(18)15-13(20)16(12(9)19)7-8-5-3-2-4-6-8/h2-6,9,12,19H,7H2,1H3,(H,14,17)(H,15,18,20). The van der Waals surface area contributed by atoms with Crippen LogP contribution in [-0.4, -0.2) is 41.1 Å². The van der Waals surface area contributed by atoms with Gasteiger partial charge in [0.25, 0.3) is 0 Å². The molecular weight excluding hydrogens is 262 g/mol. The Hall–Kier alpha value is -2.41. The van der Waals surface area contributed by atoms with Crippen molar-refractivity contribution >= 4 is 17.8 Å². The van der Waals surface area contributed by atoms with Crippen molar-refractivity contribution in [1.29, 1.82) is 0 Å². The van der Waals surface area contributed by atoms with Gasteiger partial charge < -0.3 is 10.4 Å². The van der Waals surface area contributed by atoms with E-state index in [1.165, 1.54) is 7.05 Å². The van der Waals surface area contributed by atoms with Crippen LogP contribution in [0.2, 0.25) is 0 Å². The zero-order valence-electron chi connectivity index (χ0n) is 10.9. The molecule has 20 heavy (non-hydrogen) atoms. The van der Waals surface area contributed by atoms with Crippen LogP contribution in [0.3, 0.4) is 0 Å². The van der Waals surface area contributed by atoms with E-state index in [9.17, 15) is 19.5 Å². The minimum Gasteiger partial charge on any atom is -0.372 e. The van der Waals surface area contributed by atoms with Gasteiger partial charge >= 0.3 is 6.03 Å². The lowest BCUT2D eigenvalue weighted by Gasteiger charge is -2.36. The lowest BCUT2D eigenvalue weighted by Crippen LogP contribution is -2.63. The predicted molar refractivity (Wildman–Crippen MR) is 69.1 cm³/mol. The van der Waals surface area contributed by atoms with Crippen molar-refractivity contribution in [3.8, 4) is 0 Å². The Balaban J connectivity index is 2.21. The number of aliphatic hydroxyl groups excluding tert-OH is 1. The molecule has 1 heterocycles. The maximum absolute atomic E-state index is 11.8. The molecular formula is C13H15N3O4. The summed E-state index contributed by atoms with van der Waals surface area (Å²) in [5.74, 6) is -2.77. The third-order valence-corrected chi connectivity index (χ3v) is 3.12. The first-order chi connectivity index (χ1) is 9.54. The molecule has 7 heteroatoms. The van der Waals surface area contributed by atoms with Gasteiger partial charge in [-0.3, -0.25) is 19.8 Å². The van der Waals surface area contributed by atoms with Crippen LogP contribution in [0, 0.1) is 5.92 Å². The molecule has 3 N–H and O–H groups in total. The van der Waals surface area contributed by atoms with Crippen molar-refractivity contribution in [2.45, 2.75) is 12.8 Å². The van der Waals surface area contributed by atoms with Gasteiger partial charge in [-0.1, -0.05) is 30.3 Å². The second-order valence-electron chi connectivity index (χ2n) is 4.41. The zero-order valence-corrected chi connectivity index (χ0v) is 10.9. The molecule has 1 aromatic rings. The first kappa shape index (κ1) is 14.0. The Morgan fingerprint density at radius 1 is 1.35 bits per heavy atom. The van der Waals surface area contributed by atoms with Gasteiger partial charge in [-0.25, -0.2) is 4.79 Å². The van der Waals surface area contributed by atoms with E-state index in [2.05, 4.69) is 10.6 Å². The largest absolute Gasteiger partial charge is 0.372 e. The van der Waals surface area contributed by atoms with Gasteiger partial charge in [-0.05, 0) is 5.56 Å². The highest BCUT2D eigenvalue weighted by molar-refractivity contribution is 6.08. The molecule has 4 amide bonds. The first-order valence-corrected chi connectivity index (χ1v) is 6.09. The maximum atomic E-state index is 11.8. The normalized spacial score (nSPS) is 22.4. The van der Waals surface area contributed by atoms with E-state index in [-0.39, 0.29) is 6.54 Å². The van der Waals surface area contributed by atoms with Crippen molar-refractivity contribution in [3.63, 3.8) is 0 Å². The number of amides is 4. The van der Waals surface area contributed by atoms with E-state index >= 15 is 0 Å². The second-order valence-corrected chi connectivity index (χ2v) is 4.41. The molecule has 0 bridgehead atoms. The lowest BCUT2D eigenvalue weighted by molar-refractivity contribution is -0.148. The van der Waals surface area contributed by atoms with E-state index in [0.717, 1.165) is 10.5 Å². The van der Waals surface area contributed by atoms with E-state index in [1.807, 2.05) is 6.07 Å². The van der Waals surface area contributed by atoms with Gasteiger partial charge in [0, 0.05) is 13.6 Å². The highest BCUT2D eigenvalue weighted by Crippen LogP contribution is 2.18. The smallest absolute Gasteiger partial charge is 0.326 e. The Labute approximate surface area is 115 Å². The summed E-state index contributed by atoms with van der Waals surface area (Å²) in [5.41, 5.74) is 0.784. The minimum absolute atomic E-state index is 0.106. The summed E-state index contributed by atoms with van der Waals surface area (Å²) < 4.78 is 0. The number of hydrogen-bond donors (Lipinski definition) is 3. The van der Waals surface area contributed by atoms with Crippen molar-refractivity contribution in [2.24, 2.45) is 5.92 Å². The third kappa shape index (κ3) is 2.62. The van der Waals surface area contributed by atoms with E-state index < -0.39 is 30.0 Å². The monoisotopic (exact) mass is 277 g/mol. The fourth-order valence-corrected chi connectivity index (χ4v) is 2.05. The van der Waals surface area contributed by atoms with Gasteiger partial charge in [0.15, 0.2) is 12.1 Å². The van der Waals surface area contributed by atoms with Crippen LogP contribution >= 0.6 is 0 Å². The summed E-state index contributed by atoms with van der Waals surface area (Å²) >= 11 is 0. The Morgan fingerprint density at radius 3 is 2.60 bits per heavy atom. The predicted octanol–water partition coefficient (Wildman–Crippen LogP) is -0.581. The average molecular weight is 277 g/mol. The summed E-state index contributed by atoms with van der Waals surface area (Å²) in [4.78, 5) is 36.1. The number of carbonyl (C=O) groups is 3. The Bertz CT molecular complexity index is 532. The molecule has 2 atom stereocenters. The quantitative estimate of drug-likeness (QED) is 0.644. The number of nitrogens with zero attached hydrogens (tertiary/aromatic N) is 1. The van der Waals surface area contributed by atoms with Gasteiger partial charge in [0.1, 0.15) is 0 Å². The minimum atomic E-state index is -1.49. The highest BCUT2D eigenvalue weighted by atomic mass is 16.3. The average Bonchev–Trinajstić information content (AvgIpc) is 2.44. The van der Waals surface area contributed by atoms with E-state index in [4.69, 9.17) is 0 Å². The molecule has 7 nitrogen and oxygen atoms in total. The molecule has 1 aliphatic heterocycles. The molecule has 1 saturated heterocycles. The van der Waals surface area contributed by atoms with E-state index in [1.54, 1.807) is 24.3 Å². The molecule has 106 valence electrons. The van der Waals surface area contributed by atoms with E-state index in [0.29, 0.717) is 0 Å². The second kappa shape index (κ2) is 5.70. The summed E-state index contributed by atoms with van der Waals surface area (Å²) in [6.45, 7) is 0.106. The van der Waals surface area contributed by atoms with Gasteiger partial charge in [0.05, 0.1) is 0 Å². The molecule has 2 rings (SSSR count). The SMILES string of the molecule is CNC(=O)C1C(=O)NC(=O)N(Cc2ccccc2)C1O. The van der Waals surface area contributed by atoms with Crippen molar-refractivity contribution in [1.82, 2.24) is 15.5 Å². The molecule has 1 aromatic carbocycles. The van der Waals surface area contributed by atoms with Crippen molar-refractivity contribution < 1.29 is 19.5 Å². The summed E-state index contributed by atoms with van der Waals surface area (Å²) in [5, 5.41) is 14.5. The number of urea groups is 1. The number of hydrogen-bond acceptors (Lipinski definition) is 4. The van der Waals surface area contributed by atoms with Crippen LogP contribution in [0.1, 0.15) is 5.56 Å². The van der Waals surface area contributed by atoms with Crippen LogP contribution in [0.5, 0.6) is 0 Å². The number of imide groups is 1. The van der Waals surface area contributed by atoms with Crippen molar-refractivity contribution in [3.05, 3.63) is 35.9 Å². The van der Waals surface area contributed by atoms with Crippen LogP contribution in [0.25, 0.3) is 0 Å². The number of aliphatic hydroxyl groups is 1. The molecule has 0 aliphatic carbocycles. The van der Waals surface area contributed by atoms with Gasteiger partial charge in [-0.2, -0.15) is 0 Å². The summed E-state index contributed by atoms with van der Waals surface area (Å²) in [6, 6.07) is 8.27. The number of nitrogens with one attached hydrogen (secondary N) is 2. The van der Waals surface area contributed by atoms with Crippen LogP contribution in [-0.2, 0) is 16.1 Å². The number of rotatable bonds is 3. The zero-order chi connectivity index (χ0) is 14.7. The Morgan fingerprint density at radius 2 is 2.00 bits per heavy atom. The van der Waals surface area contributed by atoms with Crippen LogP contribution < -0.4 is 10.6 Å². The molecule has 0 spiro atoms. The molecule has 2 unspecified atom stereocenters. The number of carbonyl (C=O) groups excluding carboxylic acids is 3. The molecule has 1 aliphatic rings. The highest BCUT2D eigenvalue weighted by Gasteiger charge is 2.44. The third-order valence-electron chi connectivity index (χ3n) is 3.12. The van der Waals surface area contributed by atoms with Gasteiger partial charge in [-0.15, -0.1) is 0 Å². The Kier molecular flexibility index (Phi) is 3.99. The van der Waals surface area contributed by atoms with Crippen LogP contribution in [0.4, 0.5) is 4.79 Å². The van der Waals surface area contributed by atoms with Crippen molar-refractivity contribution in [2.75, 3.05) is 7.05 Å². The topological polar surface area (TPSA) is 98.7 Å². The fraction of sp³-hybridized carbons (Fsp3) is 0.308. The maximum Gasteiger partial charge on any atom is 0.326 e. The molecule has 0 radical (unpaired) electrons. The molecule has 1 fully saturated rings. The first-order valence-electron chi connectivity index (χ1n) is 6.09. The molecule has 0 aromatic heterocycles. The summed E-state index contributed by atoms with van der Waals surface area (Å²) in [6.07, 6.45) is -1.49. The lowest BCUT2D eigenvalue weighted by atomic mass is 10.0. The molecule has 0 saturated carbocycles. The van der Waals surface area contributed by atoms with Crippen LogP contribution in [0.15, 0.2) is 30.3 Å². The van der Waals surface area contributed by atoms with Gasteiger partial charge in [0.2, 0.25) is 11.8 Å². The fourth-order valence-electron chi connectivity index (χ4n) is 2.05. The summed E-state index contributed by atoms with van der Waals surface area (Å²) in [7, 11) is 1.36.